The summed E-state index contributed by atoms with van der Waals surface area (Å²) in [5.41, 5.74) is 2.78. The van der Waals surface area contributed by atoms with E-state index in [4.69, 9.17) is 21.6 Å². The van der Waals surface area contributed by atoms with Crippen molar-refractivity contribution in [3.63, 3.8) is 0 Å². The van der Waals surface area contributed by atoms with Crippen LogP contribution in [0.5, 0.6) is 0 Å². The molecule has 0 saturated heterocycles. The summed E-state index contributed by atoms with van der Waals surface area (Å²) in [5.74, 6) is 0.904. The summed E-state index contributed by atoms with van der Waals surface area (Å²) in [6.07, 6.45) is 7.00. The van der Waals surface area contributed by atoms with Gasteiger partial charge in [-0.1, -0.05) is 35.5 Å². The molecule has 0 aliphatic heterocycles. The summed E-state index contributed by atoms with van der Waals surface area (Å²) in [5, 5.41) is 4.11. The number of hydrogen-bond donors (Lipinski definition) is 0. The molecule has 3 aromatic rings. The van der Waals surface area contributed by atoms with Crippen LogP contribution in [0.3, 0.4) is 0 Å². The largest absolute Gasteiger partial charge is 0.215 e. The standard InChI is InChI=1S/C18H17ClN2S3/c1-22-18-20-16(23-10-11-6-8-12(19)9-7-11)15-13-4-2-3-5-14(13)24-17(15)21-18/h6-9H,2-5,10H2,1H3. The van der Waals surface area contributed by atoms with Gasteiger partial charge in [-0.3, -0.25) is 0 Å². The molecule has 124 valence electrons. The molecule has 1 aromatic carbocycles. The molecular weight excluding hydrogens is 376 g/mol. The normalized spacial score (nSPS) is 14.1. The van der Waals surface area contributed by atoms with Crippen LogP contribution < -0.4 is 0 Å². The smallest absolute Gasteiger partial charge is 0.189 e. The Kier molecular flexibility index (Phi) is 5.04. The Morgan fingerprint density at radius 3 is 2.71 bits per heavy atom. The van der Waals surface area contributed by atoms with Crippen molar-refractivity contribution < 1.29 is 0 Å². The Bertz CT molecular complexity index is 874. The minimum Gasteiger partial charge on any atom is -0.215 e. The van der Waals surface area contributed by atoms with E-state index in [1.165, 1.54) is 51.9 Å². The van der Waals surface area contributed by atoms with Crippen LogP contribution in [-0.2, 0) is 18.6 Å². The van der Waals surface area contributed by atoms with Crippen molar-refractivity contribution in [2.24, 2.45) is 0 Å². The second-order valence-electron chi connectivity index (χ2n) is 5.82. The average Bonchev–Trinajstić information content (AvgIpc) is 2.99. The van der Waals surface area contributed by atoms with Gasteiger partial charge in [-0.25, -0.2) is 9.97 Å². The number of benzene rings is 1. The highest BCUT2D eigenvalue weighted by molar-refractivity contribution is 7.99. The summed E-state index contributed by atoms with van der Waals surface area (Å²) in [7, 11) is 0. The second kappa shape index (κ2) is 7.24. The first kappa shape index (κ1) is 16.7. The molecule has 0 N–H and O–H groups in total. The Morgan fingerprint density at radius 2 is 1.92 bits per heavy atom. The van der Waals surface area contributed by atoms with Crippen LogP contribution in [0.15, 0.2) is 34.4 Å². The van der Waals surface area contributed by atoms with Crippen LogP contribution in [0, 0.1) is 0 Å². The molecule has 2 nitrogen and oxygen atoms in total. The zero-order valence-electron chi connectivity index (χ0n) is 13.3. The molecule has 2 heterocycles. The topological polar surface area (TPSA) is 25.8 Å². The number of rotatable bonds is 4. The van der Waals surface area contributed by atoms with Crippen LogP contribution >= 0.6 is 46.5 Å². The van der Waals surface area contributed by atoms with Crippen molar-refractivity contribution >= 4 is 56.7 Å². The molecule has 0 bridgehead atoms. The van der Waals surface area contributed by atoms with Crippen LogP contribution in [0.1, 0.15) is 28.8 Å². The molecule has 0 amide bonds. The van der Waals surface area contributed by atoms with Crippen LogP contribution in [0.2, 0.25) is 5.02 Å². The third-order valence-electron chi connectivity index (χ3n) is 4.23. The number of nitrogens with zero attached hydrogens (tertiary/aromatic N) is 2. The number of halogens is 1. The van der Waals surface area contributed by atoms with E-state index in [-0.39, 0.29) is 0 Å². The maximum Gasteiger partial charge on any atom is 0.189 e. The summed E-state index contributed by atoms with van der Waals surface area (Å²) in [6.45, 7) is 0. The summed E-state index contributed by atoms with van der Waals surface area (Å²) in [4.78, 5) is 12.3. The van der Waals surface area contributed by atoms with E-state index in [1.807, 2.05) is 41.5 Å². The first-order chi connectivity index (χ1) is 11.7. The van der Waals surface area contributed by atoms with E-state index in [1.54, 1.807) is 11.8 Å². The second-order valence-corrected chi connectivity index (χ2v) is 9.08. The van der Waals surface area contributed by atoms with E-state index in [0.717, 1.165) is 21.0 Å². The minimum atomic E-state index is 0.782. The van der Waals surface area contributed by atoms with Gasteiger partial charge in [0.1, 0.15) is 9.86 Å². The lowest BCUT2D eigenvalue weighted by atomic mass is 9.97. The van der Waals surface area contributed by atoms with Crippen molar-refractivity contribution in [1.82, 2.24) is 9.97 Å². The van der Waals surface area contributed by atoms with Gasteiger partial charge in [-0.15, -0.1) is 23.1 Å². The zero-order chi connectivity index (χ0) is 16.5. The molecule has 2 aromatic heterocycles. The molecule has 4 rings (SSSR count). The van der Waals surface area contributed by atoms with Gasteiger partial charge in [0.15, 0.2) is 5.16 Å². The van der Waals surface area contributed by atoms with E-state index in [9.17, 15) is 0 Å². The zero-order valence-corrected chi connectivity index (χ0v) is 16.5. The first-order valence-electron chi connectivity index (χ1n) is 7.98. The number of thiophene rings is 1. The highest BCUT2D eigenvalue weighted by Crippen LogP contribution is 2.41. The lowest BCUT2D eigenvalue weighted by Gasteiger charge is -2.12. The molecule has 0 fully saturated rings. The Morgan fingerprint density at radius 1 is 1.12 bits per heavy atom. The lowest BCUT2D eigenvalue weighted by Crippen LogP contribution is -1.99. The summed E-state index contributed by atoms with van der Waals surface area (Å²) < 4.78 is 0. The molecule has 24 heavy (non-hydrogen) atoms. The highest BCUT2D eigenvalue weighted by atomic mass is 35.5. The molecule has 1 aliphatic carbocycles. The summed E-state index contributed by atoms with van der Waals surface area (Å²) >= 11 is 11.3. The first-order valence-corrected chi connectivity index (χ1v) is 11.4. The summed E-state index contributed by atoms with van der Waals surface area (Å²) in [6, 6.07) is 8.08. The van der Waals surface area contributed by atoms with E-state index in [2.05, 4.69) is 12.1 Å². The van der Waals surface area contributed by atoms with Crippen molar-refractivity contribution in [3.05, 3.63) is 45.3 Å². The number of aryl methyl sites for hydroxylation is 2. The van der Waals surface area contributed by atoms with Gasteiger partial charge >= 0.3 is 0 Å². The lowest BCUT2D eigenvalue weighted by molar-refractivity contribution is 0.699. The molecule has 1 aliphatic rings. The van der Waals surface area contributed by atoms with Gasteiger partial charge in [-0.05, 0) is 55.2 Å². The maximum absolute atomic E-state index is 5.98. The number of thioether (sulfide) groups is 2. The monoisotopic (exact) mass is 392 g/mol. The van der Waals surface area contributed by atoms with Crippen molar-refractivity contribution in [1.29, 1.82) is 0 Å². The third kappa shape index (κ3) is 3.32. The van der Waals surface area contributed by atoms with Crippen LogP contribution in [-0.4, -0.2) is 16.2 Å². The van der Waals surface area contributed by atoms with Gasteiger partial charge in [0.2, 0.25) is 0 Å². The number of hydrogen-bond acceptors (Lipinski definition) is 5. The van der Waals surface area contributed by atoms with Gasteiger partial charge in [-0.2, -0.15) is 0 Å². The van der Waals surface area contributed by atoms with E-state index < -0.39 is 0 Å². The fraction of sp³-hybridized carbons (Fsp3) is 0.333. The van der Waals surface area contributed by atoms with Crippen LogP contribution in [0.4, 0.5) is 0 Å². The molecule has 6 heteroatoms. The quantitative estimate of drug-likeness (QED) is 0.298. The molecule has 0 saturated carbocycles. The van der Waals surface area contributed by atoms with Crippen molar-refractivity contribution in [2.45, 2.75) is 41.6 Å². The molecule has 0 atom stereocenters. The van der Waals surface area contributed by atoms with Gasteiger partial charge in [0.25, 0.3) is 0 Å². The van der Waals surface area contributed by atoms with Crippen molar-refractivity contribution in [2.75, 3.05) is 6.26 Å². The molecular formula is C18H17ClN2S3. The minimum absolute atomic E-state index is 0.782. The highest BCUT2D eigenvalue weighted by Gasteiger charge is 2.21. The fourth-order valence-corrected chi connectivity index (χ4v) is 5.98. The Hall–Kier alpha value is -0.750. The predicted octanol–water partition coefficient (Wildman–Crippen LogP) is 6.24. The van der Waals surface area contributed by atoms with Gasteiger partial charge < -0.3 is 0 Å². The maximum atomic E-state index is 5.98. The fourth-order valence-electron chi connectivity index (χ4n) is 3.03. The molecule has 0 unspecified atom stereocenters. The van der Waals surface area contributed by atoms with Crippen molar-refractivity contribution in [3.8, 4) is 0 Å². The van der Waals surface area contributed by atoms with Crippen LogP contribution in [0.25, 0.3) is 10.2 Å². The van der Waals surface area contributed by atoms with Gasteiger partial charge in [0, 0.05) is 21.0 Å². The molecule has 0 spiro atoms. The van der Waals surface area contributed by atoms with E-state index in [0.29, 0.717) is 0 Å². The number of aromatic nitrogens is 2. The third-order valence-corrected chi connectivity index (χ3v) is 7.26. The Balaban J connectivity index is 1.72. The predicted molar refractivity (Wildman–Crippen MR) is 107 cm³/mol. The van der Waals surface area contributed by atoms with E-state index >= 15 is 0 Å². The molecule has 0 radical (unpaired) electrons. The number of fused-ring (bicyclic) bond motifs is 3. The van der Waals surface area contributed by atoms with Gasteiger partial charge in [0.05, 0.1) is 0 Å². The Labute approximate surface area is 159 Å². The average molecular weight is 393 g/mol. The SMILES string of the molecule is CSc1nc(SCc2ccc(Cl)cc2)c2c3c(sc2n1)CCCC3.